The van der Waals surface area contributed by atoms with E-state index in [1.807, 2.05) is 42.5 Å². The topological polar surface area (TPSA) is 86.5 Å². The molecule has 1 atom stereocenters. The smallest absolute Gasteiger partial charge is 0.237 e. The second-order valence-corrected chi connectivity index (χ2v) is 6.45. The van der Waals surface area contributed by atoms with E-state index in [0.29, 0.717) is 26.4 Å². The van der Waals surface area contributed by atoms with Gasteiger partial charge in [0.1, 0.15) is 12.4 Å². The van der Waals surface area contributed by atoms with Crippen molar-refractivity contribution >= 4 is 30.7 Å². The highest BCUT2D eigenvalue weighted by molar-refractivity contribution is 5.85. The largest absolute Gasteiger partial charge is 0.487 e. The monoisotopic (exact) mass is 427 g/mol. The summed E-state index contributed by atoms with van der Waals surface area (Å²) in [7, 11) is 0. The van der Waals surface area contributed by atoms with Gasteiger partial charge in [-0.05, 0) is 48.6 Å². The minimum absolute atomic E-state index is 0. The van der Waals surface area contributed by atoms with Crippen LogP contribution in [0.25, 0.3) is 0 Å². The van der Waals surface area contributed by atoms with Crippen molar-refractivity contribution in [1.29, 1.82) is 0 Å². The quantitative estimate of drug-likeness (QED) is 0.709. The van der Waals surface area contributed by atoms with Crippen LogP contribution >= 0.6 is 24.8 Å². The van der Waals surface area contributed by atoms with E-state index in [0.717, 1.165) is 29.8 Å². The van der Waals surface area contributed by atoms with Gasteiger partial charge in [0.2, 0.25) is 5.91 Å². The number of carbonyl (C=O) groups is 1. The molecule has 1 amide bonds. The molecule has 1 aliphatic rings. The first-order valence-electron chi connectivity index (χ1n) is 8.95. The number of halogens is 2. The van der Waals surface area contributed by atoms with Crippen molar-refractivity contribution in [3.63, 3.8) is 0 Å². The lowest BCUT2D eigenvalue weighted by Crippen LogP contribution is -2.46. The predicted molar refractivity (Wildman–Crippen MR) is 113 cm³/mol. The molecule has 1 saturated heterocycles. The summed E-state index contributed by atoms with van der Waals surface area (Å²) < 4.78 is 11.0. The van der Waals surface area contributed by atoms with Gasteiger partial charge >= 0.3 is 0 Å². The molecule has 1 unspecified atom stereocenters. The van der Waals surface area contributed by atoms with Crippen molar-refractivity contribution in [2.45, 2.75) is 32.0 Å². The van der Waals surface area contributed by atoms with E-state index < -0.39 is 6.04 Å². The number of nitrogens with zero attached hydrogens (tertiary/aromatic N) is 1. The zero-order valence-corrected chi connectivity index (χ0v) is 17.2. The van der Waals surface area contributed by atoms with Crippen LogP contribution in [0, 0.1) is 5.92 Å². The van der Waals surface area contributed by atoms with Crippen LogP contribution in [0.4, 0.5) is 0 Å². The van der Waals surface area contributed by atoms with Crippen LogP contribution in [-0.4, -0.2) is 30.1 Å². The zero-order chi connectivity index (χ0) is 18.2. The van der Waals surface area contributed by atoms with E-state index in [4.69, 9.17) is 15.2 Å². The van der Waals surface area contributed by atoms with Crippen LogP contribution in [0.5, 0.6) is 5.75 Å². The van der Waals surface area contributed by atoms with Gasteiger partial charge in [0.25, 0.3) is 0 Å². The van der Waals surface area contributed by atoms with Gasteiger partial charge in [-0.1, -0.05) is 18.2 Å². The molecule has 1 aromatic heterocycles. The normalized spacial score (nSPS) is 14.9. The molecule has 0 spiro atoms. The van der Waals surface area contributed by atoms with E-state index in [1.54, 1.807) is 6.20 Å². The first-order chi connectivity index (χ1) is 12.7. The van der Waals surface area contributed by atoms with Gasteiger partial charge < -0.3 is 20.5 Å². The van der Waals surface area contributed by atoms with Crippen molar-refractivity contribution in [3.05, 3.63) is 59.9 Å². The maximum atomic E-state index is 12.2. The fraction of sp³-hybridized carbons (Fsp3) is 0.400. The van der Waals surface area contributed by atoms with E-state index in [9.17, 15) is 4.79 Å². The molecule has 3 rings (SSSR count). The highest BCUT2D eigenvalue weighted by Crippen LogP contribution is 2.18. The first-order valence-corrected chi connectivity index (χ1v) is 8.95. The van der Waals surface area contributed by atoms with Crippen LogP contribution in [0.3, 0.4) is 0 Å². The Morgan fingerprint density at radius 3 is 2.54 bits per heavy atom. The third-order valence-electron chi connectivity index (χ3n) is 4.58. The Bertz CT molecular complexity index is 696. The van der Waals surface area contributed by atoms with Gasteiger partial charge in [0, 0.05) is 26.0 Å². The lowest BCUT2D eigenvalue weighted by molar-refractivity contribution is -0.124. The van der Waals surface area contributed by atoms with E-state index >= 15 is 0 Å². The second-order valence-electron chi connectivity index (χ2n) is 6.45. The Balaban J connectivity index is 0.00000196. The molecule has 2 heterocycles. The Hall–Kier alpha value is -1.86. The molecule has 0 aliphatic carbocycles. The number of carbonyl (C=O) groups excluding carboxylic acids is 1. The Morgan fingerprint density at radius 1 is 1.18 bits per heavy atom. The van der Waals surface area contributed by atoms with Crippen molar-refractivity contribution in [1.82, 2.24) is 10.3 Å². The van der Waals surface area contributed by atoms with E-state index in [1.165, 1.54) is 0 Å². The molecule has 6 nitrogen and oxygen atoms in total. The maximum absolute atomic E-state index is 12.2. The number of nitrogens with two attached hydrogens (primary N) is 1. The second kappa shape index (κ2) is 12.6. The van der Waals surface area contributed by atoms with Gasteiger partial charge in [0.15, 0.2) is 0 Å². The van der Waals surface area contributed by atoms with Crippen molar-refractivity contribution in [2.75, 3.05) is 13.2 Å². The number of pyridine rings is 1. The molecule has 1 aromatic carbocycles. The molecule has 28 heavy (non-hydrogen) atoms. The van der Waals surface area contributed by atoms with Crippen molar-refractivity contribution in [3.8, 4) is 5.75 Å². The van der Waals surface area contributed by atoms with Gasteiger partial charge in [-0.3, -0.25) is 9.78 Å². The highest BCUT2D eigenvalue weighted by Gasteiger charge is 2.26. The molecule has 0 bridgehead atoms. The lowest BCUT2D eigenvalue weighted by Gasteiger charge is -2.26. The lowest BCUT2D eigenvalue weighted by atomic mass is 9.92. The average molecular weight is 428 g/mol. The van der Waals surface area contributed by atoms with Crippen molar-refractivity contribution < 1.29 is 14.3 Å². The predicted octanol–water partition coefficient (Wildman–Crippen LogP) is 2.87. The van der Waals surface area contributed by atoms with Gasteiger partial charge in [-0.2, -0.15) is 0 Å². The third-order valence-corrected chi connectivity index (χ3v) is 4.58. The molecule has 8 heteroatoms. The number of aromatic nitrogens is 1. The van der Waals surface area contributed by atoms with Crippen LogP contribution in [0.1, 0.15) is 24.1 Å². The number of ether oxygens (including phenoxy) is 2. The molecule has 3 N–H and O–H groups in total. The van der Waals surface area contributed by atoms with Crippen LogP contribution in [0.15, 0.2) is 48.7 Å². The molecule has 0 radical (unpaired) electrons. The van der Waals surface area contributed by atoms with E-state index in [-0.39, 0.29) is 36.6 Å². The number of benzene rings is 1. The molecule has 2 aromatic rings. The zero-order valence-electron chi connectivity index (χ0n) is 15.6. The van der Waals surface area contributed by atoms with E-state index in [2.05, 4.69) is 10.3 Å². The number of hydrogen-bond acceptors (Lipinski definition) is 5. The summed E-state index contributed by atoms with van der Waals surface area (Å²) >= 11 is 0. The molecule has 1 aliphatic heterocycles. The standard InChI is InChI=1S/C20H25N3O3.2ClH/c21-19(16-8-11-25-12-9-16)20(24)23-13-15-4-6-18(7-5-15)26-14-17-3-1-2-10-22-17;;/h1-7,10,16,19H,8-9,11-14,21H2,(H,23,24);2*1H. The number of nitrogens with one attached hydrogen (secondary N) is 1. The third kappa shape index (κ3) is 7.28. The van der Waals surface area contributed by atoms with Crippen LogP contribution in [0.2, 0.25) is 0 Å². The molecule has 1 fully saturated rings. The van der Waals surface area contributed by atoms with Crippen LogP contribution < -0.4 is 15.8 Å². The average Bonchev–Trinajstić information content (AvgIpc) is 2.72. The van der Waals surface area contributed by atoms with Crippen molar-refractivity contribution in [2.24, 2.45) is 11.7 Å². The minimum Gasteiger partial charge on any atom is -0.487 e. The molecular weight excluding hydrogens is 401 g/mol. The van der Waals surface area contributed by atoms with Gasteiger partial charge in [-0.25, -0.2) is 0 Å². The molecule has 154 valence electrons. The van der Waals surface area contributed by atoms with Gasteiger partial charge in [0.05, 0.1) is 11.7 Å². The number of amides is 1. The Morgan fingerprint density at radius 2 is 1.89 bits per heavy atom. The van der Waals surface area contributed by atoms with Crippen LogP contribution in [-0.2, 0) is 22.7 Å². The first kappa shape index (κ1) is 24.2. The summed E-state index contributed by atoms with van der Waals surface area (Å²) in [6.07, 6.45) is 3.43. The Labute approximate surface area is 178 Å². The summed E-state index contributed by atoms with van der Waals surface area (Å²) in [4.78, 5) is 16.5. The number of hydrogen-bond donors (Lipinski definition) is 2. The fourth-order valence-corrected chi connectivity index (χ4v) is 2.94. The summed E-state index contributed by atoms with van der Waals surface area (Å²) in [6.45, 7) is 2.25. The summed E-state index contributed by atoms with van der Waals surface area (Å²) in [5, 5.41) is 2.92. The fourth-order valence-electron chi connectivity index (χ4n) is 2.94. The maximum Gasteiger partial charge on any atom is 0.237 e. The SMILES string of the molecule is Cl.Cl.NC(C(=O)NCc1ccc(OCc2ccccn2)cc1)C1CCOCC1. The summed E-state index contributed by atoms with van der Waals surface area (Å²) in [5.74, 6) is 0.864. The Kier molecular flexibility index (Phi) is 10.9. The minimum atomic E-state index is -0.472. The number of rotatable bonds is 7. The van der Waals surface area contributed by atoms with Gasteiger partial charge in [-0.15, -0.1) is 24.8 Å². The molecular formula is C20H27Cl2N3O3. The molecule has 0 saturated carbocycles. The highest BCUT2D eigenvalue weighted by atomic mass is 35.5. The summed E-state index contributed by atoms with van der Waals surface area (Å²) in [6, 6.07) is 12.9. The summed E-state index contributed by atoms with van der Waals surface area (Å²) in [5.41, 5.74) is 7.96.